The van der Waals surface area contributed by atoms with Gasteiger partial charge in [-0.25, -0.2) is 13.2 Å². The Bertz CT molecular complexity index is 1360. The first kappa shape index (κ1) is 23.9. The Kier molecular flexibility index (Phi) is 6.78. The first-order valence-electron chi connectivity index (χ1n) is 10.7. The summed E-state index contributed by atoms with van der Waals surface area (Å²) in [7, 11) is -4.01. The maximum absolute atomic E-state index is 13.0. The van der Waals surface area contributed by atoms with E-state index in [0.29, 0.717) is 30.4 Å². The number of amides is 3. The van der Waals surface area contributed by atoms with E-state index in [2.05, 4.69) is 15.4 Å². The lowest BCUT2D eigenvalue weighted by atomic mass is 10.1. The molecule has 1 unspecified atom stereocenters. The van der Waals surface area contributed by atoms with Crippen LogP contribution < -0.4 is 30.6 Å². The lowest BCUT2D eigenvalue weighted by Gasteiger charge is -2.19. The highest BCUT2D eigenvalue weighted by atomic mass is 32.2. The molecule has 0 saturated carbocycles. The van der Waals surface area contributed by atoms with Crippen LogP contribution in [0.5, 0.6) is 11.5 Å². The monoisotopic (exact) mass is 496 g/mol. The molecule has 5 N–H and O–H groups in total. The van der Waals surface area contributed by atoms with E-state index in [0.717, 1.165) is 5.56 Å². The van der Waals surface area contributed by atoms with Crippen molar-refractivity contribution in [2.24, 2.45) is 5.73 Å². The Labute approximate surface area is 202 Å². The smallest absolute Gasteiger partial charge is 0.316 e. The molecule has 0 aliphatic carbocycles. The minimum atomic E-state index is -4.01. The van der Waals surface area contributed by atoms with E-state index in [4.69, 9.17) is 15.2 Å². The first-order chi connectivity index (χ1) is 16.7. The van der Waals surface area contributed by atoms with Crippen LogP contribution in [0.15, 0.2) is 71.6 Å². The van der Waals surface area contributed by atoms with Crippen LogP contribution in [0.3, 0.4) is 0 Å². The molecule has 1 aliphatic heterocycles. The quantitative estimate of drug-likeness (QED) is 0.395. The molecular weight excluding hydrogens is 472 g/mol. The number of urea groups is 1. The van der Waals surface area contributed by atoms with E-state index in [-0.39, 0.29) is 16.1 Å². The van der Waals surface area contributed by atoms with Crippen molar-refractivity contribution in [3.05, 3.63) is 77.9 Å². The van der Waals surface area contributed by atoms with Gasteiger partial charge in [0.05, 0.1) is 22.2 Å². The van der Waals surface area contributed by atoms with Crippen molar-refractivity contribution in [1.82, 2.24) is 5.32 Å². The third-order valence-corrected chi connectivity index (χ3v) is 6.63. The summed E-state index contributed by atoms with van der Waals surface area (Å²) in [5.41, 5.74) is 6.71. The Morgan fingerprint density at radius 1 is 0.943 bits per heavy atom. The van der Waals surface area contributed by atoms with E-state index >= 15 is 0 Å². The molecule has 3 aromatic rings. The summed E-state index contributed by atoms with van der Waals surface area (Å²) in [5.74, 6) is 0.357. The number of hydrogen-bond acceptors (Lipinski definition) is 6. The second kappa shape index (κ2) is 9.94. The van der Waals surface area contributed by atoms with E-state index < -0.39 is 28.0 Å². The number of fused-ring (bicyclic) bond motifs is 1. The number of nitrogens with one attached hydrogen (secondary N) is 3. The zero-order valence-corrected chi connectivity index (χ0v) is 19.6. The number of hydrogen-bond donors (Lipinski definition) is 4. The van der Waals surface area contributed by atoms with E-state index in [1.807, 2.05) is 0 Å². The number of carbonyl (C=O) groups is 2. The lowest BCUT2D eigenvalue weighted by molar-refractivity contribution is 0.0940. The zero-order valence-electron chi connectivity index (χ0n) is 18.8. The molecule has 1 aliphatic rings. The highest BCUT2D eigenvalue weighted by Gasteiger charge is 2.22. The SMILES string of the molecule is CC(NC(=O)c1ccccc1NS(=O)(=O)c1ccc2c(c1)OCCO2)c1ccc(NC(N)=O)cc1. The fourth-order valence-electron chi connectivity index (χ4n) is 3.52. The Hall–Kier alpha value is -4.25. The third kappa shape index (κ3) is 5.64. The van der Waals surface area contributed by atoms with Crippen LogP contribution in [0.1, 0.15) is 28.9 Å². The van der Waals surface area contributed by atoms with Gasteiger partial charge in [0.1, 0.15) is 13.2 Å². The molecule has 0 aromatic heterocycles. The van der Waals surface area contributed by atoms with Gasteiger partial charge in [0, 0.05) is 11.8 Å². The molecule has 4 rings (SSSR count). The number of sulfonamides is 1. The number of anilines is 2. The molecule has 0 bridgehead atoms. The predicted octanol–water partition coefficient (Wildman–Crippen LogP) is 3.24. The minimum absolute atomic E-state index is 0.0185. The molecular formula is C24H24N4O6S. The summed E-state index contributed by atoms with van der Waals surface area (Å²) in [6.45, 7) is 2.51. The molecule has 10 nitrogen and oxygen atoms in total. The standard InChI is InChI=1S/C24H24N4O6S/c1-15(16-6-8-17(9-7-16)27-24(25)30)26-23(29)19-4-2-3-5-20(19)28-35(31,32)18-10-11-21-22(14-18)34-13-12-33-21/h2-11,14-15,28H,12-13H2,1H3,(H,26,29)(H3,25,27,30). The van der Waals surface area contributed by atoms with Gasteiger partial charge in [-0.1, -0.05) is 24.3 Å². The summed E-state index contributed by atoms with van der Waals surface area (Å²) >= 11 is 0. The minimum Gasteiger partial charge on any atom is -0.486 e. The molecule has 182 valence electrons. The van der Waals surface area contributed by atoms with Gasteiger partial charge in [-0.2, -0.15) is 0 Å². The number of primary amides is 1. The molecule has 0 spiro atoms. The molecule has 11 heteroatoms. The molecule has 0 radical (unpaired) electrons. The summed E-state index contributed by atoms with van der Waals surface area (Å²) in [6.07, 6.45) is 0. The number of nitrogens with two attached hydrogens (primary N) is 1. The zero-order chi connectivity index (χ0) is 25.0. The molecule has 1 atom stereocenters. The summed E-state index contributed by atoms with van der Waals surface area (Å²) in [5, 5.41) is 5.33. The van der Waals surface area contributed by atoms with Crippen molar-refractivity contribution in [3.8, 4) is 11.5 Å². The van der Waals surface area contributed by atoms with Crippen molar-refractivity contribution in [1.29, 1.82) is 0 Å². The number of para-hydroxylation sites is 1. The third-order valence-electron chi connectivity index (χ3n) is 5.27. The topological polar surface area (TPSA) is 149 Å². The maximum Gasteiger partial charge on any atom is 0.316 e. The van der Waals surface area contributed by atoms with E-state index in [9.17, 15) is 18.0 Å². The van der Waals surface area contributed by atoms with Gasteiger partial charge in [-0.05, 0) is 48.9 Å². The number of rotatable bonds is 7. The van der Waals surface area contributed by atoms with Crippen LogP contribution in [0.25, 0.3) is 0 Å². The predicted molar refractivity (Wildman–Crippen MR) is 130 cm³/mol. The number of ether oxygens (including phenoxy) is 2. The van der Waals surface area contributed by atoms with E-state index in [1.165, 1.54) is 30.3 Å². The van der Waals surface area contributed by atoms with Gasteiger partial charge in [-0.15, -0.1) is 0 Å². The fourth-order valence-corrected chi connectivity index (χ4v) is 4.61. The molecule has 0 saturated heterocycles. The maximum atomic E-state index is 13.0. The fraction of sp³-hybridized carbons (Fsp3) is 0.167. The molecule has 35 heavy (non-hydrogen) atoms. The second-order valence-corrected chi connectivity index (χ2v) is 9.45. The van der Waals surface area contributed by atoms with Crippen molar-refractivity contribution < 1.29 is 27.5 Å². The van der Waals surface area contributed by atoms with Gasteiger partial charge in [0.15, 0.2) is 11.5 Å². The Balaban J connectivity index is 1.50. The second-order valence-electron chi connectivity index (χ2n) is 7.76. The summed E-state index contributed by atoms with van der Waals surface area (Å²) in [6, 6.07) is 16.4. The van der Waals surface area contributed by atoms with Crippen LogP contribution in [0, 0.1) is 0 Å². The average molecular weight is 497 g/mol. The van der Waals surface area contributed by atoms with Crippen molar-refractivity contribution >= 4 is 33.3 Å². The molecule has 1 heterocycles. The molecule has 3 aromatic carbocycles. The van der Waals surface area contributed by atoms with Crippen LogP contribution in [-0.2, 0) is 10.0 Å². The van der Waals surface area contributed by atoms with Crippen molar-refractivity contribution in [3.63, 3.8) is 0 Å². The van der Waals surface area contributed by atoms with E-state index in [1.54, 1.807) is 43.3 Å². The average Bonchev–Trinajstić information content (AvgIpc) is 2.84. The van der Waals surface area contributed by atoms with Crippen LogP contribution in [-0.4, -0.2) is 33.6 Å². The Morgan fingerprint density at radius 3 is 2.34 bits per heavy atom. The lowest BCUT2D eigenvalue weighted by Crippen LogP contribution is -2.28. The highest BCUT2D eigenvalue weighted by Crippen LogP contribution is 2.33. The van der Waals surface area contributed by atoms with Crippen molar-refractivity contribution in [2.45, 2.75) is 17.9 Å². The van der Waals surface area contributed by atoms with Crippen molar-refractivity contribution in [2.75, 3.05) is 23.3 Å². The summed E-state index contributed by atoms with van der Waals surface area (Å²) < 4.78 is 39.5. The normalized spacial score (nSPS) is 13.4. The van der Waals surface area contributed by atoms with Gasteiger partial charge < -0.3 is 25.8 Å². The number of benzene rings is 3. The van der Waals surface area contributed by atoms with Gasteiger partial charge in [0.25, 0.3) is 15.9 Å². The van der Waals surface area contributed by atoms with Gasteiger partial charge in [-0.3, -0.25) is 9.52 Å². The number of carbonyl (C=O) groups excluding carboxylic acids is 2. The first-order valence-corrected chi connectivity index (χ1v) is 12.2. The molecule has 3 amide bonds. The largest absolute Gasteiger partial charge is 0.486 e. The Morgan fingerprint density at radius 2 is 1.63 bits per heavy atom. The summed E-state index contributed by atoms with van der Waals surface area (Å²) in [4.78, 5) is 24.0. The van der Waals surface area contributed by atoms with Gasteiger partial charge >= 0.3 is 6.03 Å². The highest BCUT2D eigenvalue weighted by molar-refractivity contribution is 7.92. The van der Waals surface area contributed by atoms with Gasteiger partial charge in [0.2, 0.25) is 0 Å². The van der Waals surface area contributed by atoms with Crippen LogP contribution >= 0.6 is 0 Å². The van der Waals surface area contributed by atoms with Crippen LogP contribution in [0.4, 0.5) is 16.2 Å². The van der Waals surface area contributed by atoms with Crippen LogP contribution in [0.2, 0.25) is 0 Å². The molecule has 0 fully saturated rings.